The number of aromatic nitrogens is 3. The molecule has 0 fully saturated rings. The molecule has 3 aromatic rings. The van der Waals surface area contributed by atoms with E-state index in [1.54, 1.807) is 31.5 Å². The highest BCUT2D eigenvalue weighted by Gasteiger charge is 2.12. The van der Waals surface area contributed by atoms with Gasteiger partial charge in [-0.2, -0.15) is 0 Å². The Labute approximate surface area is 156 Å². The van der Waals surface area contributed by atoms with Gasteiger partial charge in [0.1, 0.15) is 19.0 Å². The predicted molar refractivity (Wildman–Crippen MR) is 103 cm³/mol. The second kappa shape index (κ2) is 8.46. The van der Waals surface area contributed by atoms with Gasteiger partial charge in [0.25, 0.3) is 5.56 Å². The Morgan fingerprint density at radius 3 is 2.89 bits per heavy atom. The predicted octanol–water partition coefficient (Wildman–Crippen LogP) is 2.27. The SMILES string of the molecule is CC=Cc1ccc(OCC(O)Cn2cnc3ncccc3c2=O)c(OC)c1. The number of benzene rings is 1. The molecule has 0 radical (unpaired) electrons. The maximum Gasteiger partial charge on any atom is 0.262 e. The number of aliphatic hydroxyl groups excluding tert-OH is 1. The molecule has 0 aliphatic carbocycles. The Balaban J connectivity index is 1.69. The molecule has 0 saturated heterocycles. The lowest BCUT2D eigenvalue weighted by Crippen LogP contribution is -2.30. The minimum atomic E-state index is -0.890. The van der Waals surface area contributed by atoms with Gasteiger partial charge in [0, 0.05) is 6.20 Å². The number of hydrogen-bond acceptors (Lipinski definition) is 6. The zero-order valence-corrected chi connectivity index (χ0v) is 15.2. The van der Waals surface area contributed by atoms with Gasteiger partial charge in [-0.05, 0) is 36.8 Å². The molecule has 0 aliphatic heterocycles. The zero-order valence-electron chi connectivity index (χ0n) is 15.2. The normalized spacial score (nSPS) is 12.4. The van der Waals surface area contributed by atoms with Gasteiger partial charge in [0.05, 0.1) is 19.0 Å². The third-order valence-electron chi connectivity index (χ3n) is 3.98. The van der Waals surface area contributed by atoms with Crippen LogP contribution < -0.4 is 15.0 Å². The summed E-state index contributed by atoms with van der Waals surface area (Å²) in [4.78, 5) is 20.6. The lowest BCUT2D eigenvalue weighted by atomic mass is 10.2. The van der Waals surface area contributed by atoms with E-state index in [9.17, 15) is 9.90 Å². The van der Waals surface area contributed by atoms with Crippen LogP contribution in [0, 0.1) is 0 Å². The molecule has 3 rings (SSSR count). The fraction of sp³-hybridized carbons (Fsp3) is 0.250. The lowest BCUT2D eigenvalue weighted by Gasteiger charge is -2.16. The Morgan fingerprint density at radius 1 is 1.26 bits per heavy atom. The van der Waals surface area contributed by atoms with Crippen molar-refractivity contribution in [2.24, 2.45) is 0 Å². The quantitative estimate of drug-likeness (QED) is 0.689. The van der Waals surface area contributed by atoms with Gasteiger partial charge in [-0.3, -0.25) is 9.36 Å². The van der Waals surface area contributed by atoms with Crippen LogP contribution in [0.1, 0.15) is 12.5 Å². The van der Waals surface area contributed by atoms with Crippen LogP contribution in [-0.4, -0.2) is 39.5 Å². The van der Waals surface area contributed by atoms with Gasteiger partial charge in [-0.25, -0.2) is 9.97 Å². The molecular formula is C20H21N3O4. The molecule has 1 aromatic carbocycles. The highest BCUT2D eigenvalue weighted by Crippen LogP contribution is 2.28. The molecule has 1 atom stereocenters. The number of hydrogen-bond donors (Lipinski definition) is 1. The molecule has 0 saturated carbocycles. The summed E-state index contributed by atoms with van der Waals surface area (Å²) in [6.45, 7) is 2.01. The number of ether oxygens (including phenoxy) is 2. The second-order valence-electron chi connectivity index (χ2n) is 5.95. The number of nitrogens with zero attached hydrogens (tertiary/aromatic N) is 3. The highest BCUT2D eigenvalue weighted by molar-refractivity contribution is 5.72. The largest absolute Gasteiger partial charge is 0.493 e. The molecule has 0 bridgehead atoms. The topological polar surface area (TPSA) is 86.5 Å². The van der Waals surface area contributed by atoms with Crippen molar-refractivity contribution in [2.45, 2.75) is 19.6 Å². The fourth-order valence-corrected chi connectivity index (χ4v) is 2.69. The summed E-state index contributed by atoms with van der Waals surface area (Å²) in [6.07, 6.45) is 5.96. The Hall–Kier alpha value is -3.19. The van der Waals surface area contributed by atoms with Gasteiger partial charge in [-0.1, -0.05) is 18.2 Å². The van der Waals surface area contributed by atoms with Crippen molar-refractivity contribution in [3.8, 4) is 11.5 Å². The summed E-state index contributed by atoms with van der Waals surface area (Å²) < 4.78 is 12.4. The summed E-state index contributed by atoms with van der Waals surface area (Å²) in [7, 11) is 1.56. The second-order valence-corrected chi connectivity index (χ2v) is 5.95. The lowest BCUT2D eigenvalue weighted by molar-refractivity contribution is 0.0900. The van der Waals surface area contributed by atoms with Crippen LogP contribution in [-0.2, 0) is 6.54 Å². The minimum absolute atomic E-state index is 0.0108. The Morgan fingerprint density at radius 2 is 2.11 bits per heavy atom. The van der Waals surface area contributed by atoms with Gasteiger partial charge < -0.3 is 14.6 Å². The van der Waals surface area contributed by atoms with E-state index in [2.05, 4.69) is 9.97 Å². The van der Waals surface area contributed by atoms with E-state index in [-0.39, 0.29) is 18.7 Å². The first kappa shape index (κ1) is 18.6. The first-order valence-electron chi connectivity index (χ1n) is 8.54. The van der Waals surface area contributed by atoms with Crippen molar-refractivity contribution in [3.05, 3.63) is 64.8 Å². The molecule has 27 heavy (non-hydrogen) atoms. The van der Waals surface area contributed by atoms with Crippen LogP contribution >= 0.6 is 0 Å². The van der Waals surface area contributed by atoms with Crippen LogP contribution in [0.5, 0.6) is 11.5 Å². The monoisotopic (exact) mass is 367 g/mol. The average Bonchev–Trinajstić information content (AvgIpc) is 2.69. The number of rotatable bonds is 7. The van der Waals surface area contributed by atoms with Crippen molar-refractivity contribution < 1.29 is 14.6 Å². The average molecular weight is 367 g/mol. The van der Waals surface area contributed by atoms with Gasteiger partial charge in [0.15, 0.2) is 17.1 Å². The molecule has 2 heterocycles. The number of aliphatic hydroxyl groups is 1. The van der Waals surface area contributed by atoms with E-state index >= 15 is 0 Å². The van der Waals surface area contributed by atoms with Crippen molar-refractivity contribution in [1.82, 2.24) is 14.5 Å². The zero-order chi connectivity index (χ0) is 19.2. The van der Waals surface area contributed by atoms with Gasteiger partial charge in [-0.15, -0.1) is 0 Å². The Kier molecular flexibility index (Phi) is 5.83. The molecule has 0 amide bonds. The van der Waals surface area contributed by atoms with Crippen LogP contribution in [0.15, 0.2) is 53.7 Å². The first-order valence-corrected chi connectivity index (χ1v) is 8.54. The van der Waals surface area contributed by atoms with Crippen molar-refractivity contribution in [1.29, 1.82) is 0 Å². The van der Waals surface area contributed by atoms with Crippen molar-refractivity contribution in [3.63, 3.8) is 0 Å². The van der Waals surface area contributed by atoms with Gasteiger partial charge in [0.2, 0.25) is 0 Å². The molecule has 7 nitrogen and oxygen atoms in total. The smallest absolute Gasteiger partial charge is 0.262 e. The van der Waals surface area contributed by atoms with E-state index in [1.807, 2.05) is 31.2 Å². The van der Waals surface area contributed by atoms with Gasteiger partial charge >= 0.3 is 0 Å². The third kappa shape index (κ3) is 4.32. The summed E-state index contributed by atoms with van der Waals surface area (Å²) in [5.74, 6) is 1.10. The standard InChI is InChI=1S/C20H21N3O4/c1-3-5-14-7-8-17(18(10-14)26-2)27-12-15(24)11-23-13-22-19-16(20(23)25)6-4-9-21-19/h3-10,13,15,24H,11-12H2,1-2H3. The van der Waals surface area contributed by atoms with Crippen molar-refractivity contribution in [2.75, 3.05) is 13.7 Å². The molecule has 1 unspecified atom stereocenters. The number of pyridine rings is 1. The van der Waals surface area contributed by atoms with Crippen LogP contribution in [0.25, 0.3) is 17.1 Å². The Bertz CT molecular complexity index is 1010. The van der Waals surface area contributed by atoms with E-state index in [1.165, 1.54) is 10.9 Å². The number of fused-ring (bicyclic) bond motifs is 1. The van der Waals surface area contributed by atoms with Crippen molar-refractivity contribution >= 4 is 17.1 Å². The molecular weight excluding hydrogens is 346 g/mol. The minimum Gasteiger partial charge on any atom is -0.493 e. The molecule has 0 spiro atoms. The molecule has 0 aliphatic rings. The van der Waals surface area contributed by atoms with E-state index in [0.29, 0.717) is 22.5 Å². The number of methoxy groups -OCH3 is 1. The number of allylic oxidation sites excluding steroid dienone is 1. The van der Waals surface area contributed by atoms with Crippen LogP contribution in [0.4, 0.5) is 0 Å². The summed E-state index contributed by atoms with van der Waals surface area (Å²) in [5, 5.41) is 10.7. The maximum atomic E-state index is 12.4. The maximum absolute atomic E-state index is 12.4. The molecule has 140 valence electrons. The van der Waals surface area contributed by atoms with E-state index in [4.69, 9.17) is 9.47 Å². The molecule has 2 aromatic heterocycles. The van der Waals surface area contributed by atoms with E-state index in [0.717, 1.165) is 5.56 Å². The summed E-state index contributed by atoms with van der Waals surface area (Å²) in [6, 6.07) is 8.88. The summed E-state index contributed by atoms with van der Waals surface area (Å²) >= 11 is 0. The first-order chi connectivity index (χ1) is 13.1. The van der Waals surface area contributed by atoms with Crippen LogP contribution in [0.3, 0.4) is 0 Å². The molecule has 7 heteroatoms. The summed E-state index contributed by atoms with van der Waals surface area (Å²) in [5.41, 5.74) is 1.13. The van der Waals surface area contributed by atoms with E-state index < -0.39 is 6.10 Å². The van der Waals surface area contributed by atoms with Crippen LogP contribution in [0.2, 0.25) is 0 Å². The third-order valence-corrected chi connectivity index (χ3v) is 3.98. The highest BCUT2D eigenvalue weighted by atomic mass is 16.5. The molecule has 1 N–H and O–H groups in total. The fourth-order valence-electron chi connectivity index (χ4n) is 2.69.